The standard InChI is InChI=1S/C19H24F2N2O5S/c1-18(2)24-8-12(26-18)14-13(15-16(25-14)28-19(3,4)27-15)23-17(29)22-11-6-5-9(20)7-10(11)21/h5-7,12-16H,8H2,1-4H3,(H2,22,23,29)/t12?,13-,14+,15+,16+/m0/s1. The van der Waals surface area contributed by atoms with Crippen LogP contribution in [0, 0.1) is 11.6 Å². The largest absolute Gasteiger partial charge is 0.354 e. The number of halogens is 2. The van der Waals surface area contributed by atoms with Crippen molar-refractivity contribution in [1.29, 1.82) is 0 Å². The van der Waals surface area contributed by atoms with Crippen LogP contribution in [0.1, 0.15) is 27.7 Å². The highest BCUT2D eigenvalue weighted by atomic mass is 32.1. The second-order valence-electron chi connectivity index (χ2n) is 8.18. The molecule has 3 fully saturated rings. The Morgan fingerprint density at radius 2 is 1.83 bits per heavy atom. The van der Waals surface area contributed by atoms with E-state index in [1.807, 2.05) is 13.8 Å². The second-order valence-corrected chi connectivity index (χ2v) is 8.59. The maximum absolute atomic E-state index is 14.0. The quantitative estimate of drug-likeness (QED) is 0.710. The predicted octanol–water partition coefficient (Wildman–Crippen LogP) is 2.65. The maximum atomic E-state index is 14.0. The van der Waals surface area contributed by atoms with E-state index in [0.29, 0.717) is 6.61 Å². The van der Waals surface area contributed by atoms with Crippen LogP contribution in [0.2, 0.25) is 0 Å². The molecule has 1 aromatic rings. The minimum Gasteiger partial charge on any atom is -0.354 e. The van der Waals surface area contributed by atoms with Crippen molar-refractivity contribution in [2.45, 2.75) is 69.9 Å². The first-order chi connectivity index (χ1) is 13.5. The van der Waals surface area contributed by atoms with Crippen molar-refractivity contribution in [3.8, 4) is 0 Å². The Morgan fingerprint density at radius 3 is 2.48 bits per heavy atom. The van der Waals surface area contributed by atoms with Crippen molar-refractivity contribution < 1.29 is 32.5 Å². The van der Waals surface area contributed by atoms with E-state index in [9.17, 15) is 8.78 Å². The molecular formula is C19H24F2N2O5S. The fraction of sp³-hybridized carbons (Fsp3) is 0.632. The van der Waals surface area contributed by atoms with E-state index >= 15 is 0 Å². The molecule has 0 radical (unpaired) electrons. The zero-order chi connectivity index (χ0) is 21.0. The Morgan fingerprint density at radius 1 is 1.07 bits per heavy atom. The third-order valence-corrected chi connectivity index (χ3v) is 5.18. The molecule has 1 aromatic carbocycles. The number of benzene rings is 1. The van der Waals surface area contributed by atoms with Gasteiger partial charge in [-0.05, 0) is 52.0 Å². The third-order valence-electron chi connectivity index (χ3n) is 4.96. The molecule has 0 aliphatic carbocycles. The summed E-state index contributed by atoms with van der Waals surface area (Å²) in [6.07, 6.45) is -1.90. The molecule has 2 N–H and O–H groups in total. The highest BCUT2D eigenvalue weighted by Crippen LogP contribution is 2.40. The van der Waals surface area contributed by atoms with Crippen molar-refractivity contribution in [2.24, 2.45) is 0 Å². The summed E-state index contributed by atoms with van der Waals surface area (Å²) in [5.41, 5.74) is 0.0569. The summed E-state index contributed by atoms with van der Waals surface area (Å²) < 4.78 is 56.6. The summed E-state index contributed by atoms with van der Waals surface area (Å²) in [7, 11) is 0. The first kappa shape index (κ1) is 20.8. The topological polar surface area (TPSA) is 70.2 Å². The number of rotatable bonds is 3. The molecule has 7 nitrogen and oxygen atoms in total. The molecule has 1 unspecified atom stereocenters. The lowest BCUT2D eigenvalue weighted by Gasteiger charge is -2.30. The molecule has 0 amide bonds. The van der Waals surface area contributed by atoms with Crippen LogP contribution in [0.3, 0.4) is 0 Å². The number of hydrogen-bond acceptors (Lipinski definition) is 6. The normalized spacial score (nSPS) is 34.8. The third kappa shape index (κ3) is 4.37. The van der Waals surface area contributed by atoms with E-state index in [0.717, 1.165) is 12.1 Å². The van der Waals surface area contributed by atoms with E-state index in [-0.39, 0.29) is 16.9 Å². The molecule has 0 spiro atoms. The smallest absolute Gasteiger partial charge is 0.189 e. The molecule has 4 rings (SSSR count). The summed E-state index contributed by atoms with van der Waals surface area (Å²) in [6.45, 7) is 7.58. The van der Waals surface area contributed by atoms with Gasteiger partial charge in [-0.3, -0.25) is 0 Å². The monoisotopic (exact) mass is 430 g/mol. The fourth-order valence-corrected chi connectivity index (χ4v) is 4.04. The molecule has 3 aliphatic heterocycles. The van der Waals surface area contributed by atoms with Gasteiger partial charge in [0.25, 0.3) is 0 Å². The number of thiocarbonyl (C=S) groups is 1. The average molecular weight is 430 g/mol. The van der Waals surface area contributed by atoms with Gasteiger partial charge in [-0.2, -0.15) is 0 Å². The van der Waals surface area contributed by atoms with Crippen molar-refractivity contribution in [2.75, 3.05) is 11.9 Å². The van der Waals surface area contributed by atoms with E-state index in [1.165, 1.54) is 6.07 Å². The Balaban J connectivity index is 1.50. The van der Waals surface area contributed by atoms with E-state index in [1.54, 1.807) is 13.8 Å². The summed E-state index contributed by atoms with van der Waals surface area (Å²) in [4.78, 5) is 0. The number of hydrogen-bond donors (Lipinski definition) is 2. The van der Waals surface area contributed by atoms with Crippen LogP contribution in [0.15, 0.2) is 18.2 Å². The van der Waals surface area contributed by atoms with Gasteiger partial charge in [0, 0.05) is 6.07 Å². The van der Waals surface area contributed by atoms with Gasteiger partial charge >= 0.3 is 0 Å². The maximum Gasteiger partial charge on any atom is 0.189 e. The first-order valence-electron chi connectivity index (χ1n) is 9.38. The zero-order valence-electron chi connectivity index (χ0n) is 16.5. The number of nitrogens with one attached hydrogen (secondary N) is 2. The van der Waals surface area contributed by atoms with E-state index in [2.05, 4.69) is 10.6 Å². The van der Waals surface area contributed by atoms with E-state index in [4.69, 9.17) is 35.9 Å². The molecule has 10 heteroatoms. The number of fused-ring (bicyclic) bond motifs is 1. The van der Waals surface area contributed by atoms with Gasteiger partial charge < -0.3 is 34.3 Å². The van der Waals surface area contributed by atoms with Gasteiger partial charge in [0.05, 0.1) is 18.3 Å². The van der Waals surface area contributed by atoms with Crippen molar-refractivity contribution in [3.05, 3.63) is 29.8 Å². The van der Waals surface area contributed by atoms with Crippen LogP contribution in [0.4, 0.5) is 14.5 Å². The summed E-state index contributed by atoms with van der Waals surface area (Å²) in [5.74, 6) is -2.96. The zero-order valence-corrected chi connectivity index (χ0v) is 17.3. The van der Waals surface area contributed by atoms with Crippen LogP contribution in [0.5, 0.6) is 0 Å². The molecule has 3 aliphatic rings. The molecule has 0 bridgehead atoms. The lowest BCUT2D eigenvalue weighted by Crippen LogP contribution is -2.53. The minimum atomic E-state index is -0.815. The SMILES string of the molecule is CC1(C)OCC([C@H]2O[C@@H]3OC(C)(C)O[C@@H]3[C@H]2NC(=S)Nc2ccc(F)cc2F)O1. The van der Waals surface area contributed by atoms with Crippen molar-refractivity contribution >= 4 is 23.0 Å². The second kappa shape index (κ2) is 7.36. The van der Waals surface area contributed by atoms with Gasteiger partial charge in [-0.1, -0.05) is 0 Å². The first-order valence-corrected chi connectivity index (χ1v) is 9.79. The lowest BCUT2D eigenvalue weighted by molar-refractivity contribution is -0.223. The molecular weight excluding hydrogens is 406 g/mol. The lowest BCUT2D eigenvalue weighted by atomic mass is 10.0. The van der Waals surface area contributed by atoms with Crippen LogP contribution in [-0.4, -0.2) is 53.9 Å². The van der Waals surface area contributed by atoms with Crippen LogP contribution in [-0.2, 0) is 23.7 Å². The Hall–Kier alpha value is -1.43. The van der Waals surface area contributed by atoms with Gasteiger partial charge in [-0.15, -0.1) is 0 Å². The minimum absolute atomic E-state index is 0.0569. The molecule has 0 saturated carbocycles. The molecule has 3 saturated heterocycles. The molecule has 3 heterocycles. The molecule has 5 atom stereocenters. The average Bonchev–Trinajstić information content (AvgIpc) is 3.20. The van der Waals surface area contributed by atoms with Gasteiger partial charge in [0.15, 0.2) is 23.0 Å². The molecule has 0 aromatic heterocycles. The number of anilines is 1. The van der Waals surface area contributed by atoms with Crippen LogP contribution >= 0.6 is 12.2 Å². The fourth-order valence-electron chi connectivity index (χ4n) is 3.79. The predicted molar refractivity (Wildman–Crippen MR) is 103 cm³/mol. The van der Waals surface area contributed by atoms with Crippen molar-refractivity contribution in [3.63, 3.8) is 0 Å². The Labute approximate surface area is 173 Å². The molecule has 29 heavy (non-hydrogen) atoms. The van der Waals surface area contributed by atoms with Gasteiger partial charge in [-0.25, -0.2) is 8.78 Å². The highest BCUT2D eigenvalue weighted by molar-refractivity contribution is 7.80. The summed E-state index contributed by atoms with van der Waals surface area (Å²) in [6, 6.07) is 2.77. The summed E-state index contributed by atoms with van der Waals surface area (Å²) in [5, 5.41) is 6.01. The molecule has 160 valence electrons. The summed E-state index contributed by atoms with van der Waals surface area (Å²) >= 11 is 5.35. The van der Waals surface area contributed by atoms with Crippen LogP contribution in [0.25, 0.3) is 0 Å². The highest BCUT2D eigenvalue weighted by Gasteiger charge is 2.58. The Kier molecular flexibility index (Phi) is 5.29. The number of ether oxygens (including phenoxy) is 5. The van der Waals surface area contributed by atoms with Gasteiger partial charge in [0.2, 0.25) is 0 Å². The Bertz CT molecular complexity index is 809. The van der Waals surface area contributed by atoms with Gasteiger partial charge in [0.1, 0.15) is 29.9 Å². The van der Waals surface area contributed by atoms with Crippen LogP contribution < -0.4 is 10.6 Å². The van der Waals surface area contributed by atoms with Crippen molar-refractivity contribution in [1.82, 2.24) is 5.32 Å². The van der Waals surface area contributed by atoms with E-state index < -0.39 is 47.7 Å².